The number of rotatable bonds is 3. The molecule has 0 unspecified atom stereocenters. The van der Waals surface area contributed by atoms with Crippen molar-refractivity contribution in [3.63, 3.8) is 0 Å². The minimum atomic E-state index is -0.177. The molecule has 1 saturated heterocycles. The highest BCUT2D eigenvalue weighted by molar-refractivity contribution is 5.95. The van der Waals surface area contributed by atoms with E-state index in [1.54, 1.807) is 6.07 Å². The molecule has 1 fully saturated rings. The molecule has 2 heterocycles. The molecule has 1 amide bonds. The summed E-state index contributed by atoms with van der Waals surface area (Å²) in [4.78, 5) is 31.6. The Hall–Kier alpha value is -2.40. The quantitative estimate of drug-likeness (QED) is 0.941. The summed E-state index contributed by atoms with van der Waals surface area (Å²) in [5.41, 5.74) is 1.71. The van der Waals surface area contributed by atoms with E-state index in [4.69, 9.17) is 0 Å². The Balaban J connectivity index is 1.84. The Labute approximate surface area is 135 Å². The molecule has 1 N–H and O–H groups in total. The van der Waals surface area contributed by atoms with Crippen LogP contribution in [-0.4, -0.2) is 53.4 Å². The molecule has 5 nitrogen and oxygen atoms in total. The summed E-state index contributed by atoms with van der Waals surface area (Å²) in [6.45, 7) is 6.40. The predicted octanol–water partition coefficient (Wildman–Crippen LogP) is 1.82. The van der Waals surface area contributed by atoms with Crippen LogP contribution in [0, 0.1) is 0 Å². The van der Waals surface area contributed by atoms with Crippen LogP contribution < -0.4 is 5.56 Å². The number of aromatic amines is 1. The molecule has 0 radical (unpaired) electrons. The minimum Gasteiger partial charge on any atom is -0.336 e. The van der Waals surface area contributed by atoms with Gasteiger partial charge in [-0.2, -0.15) is 0 Å². The van der Waals surface area contributed by atoms with Crippen LogP contribution in [0.3, 0.4) is 0 Å². The first-order valence-electron chi connectivity index (χ1n) is 7.99. The van der Waals surface area contributed by atoms with Gasteiger partial charge in [0, 0.05) is 37.9 Å². The molecule has 23 heavy (non-hydrogen) atoms. The lowest BCUT2D eigenvalue weighted by atomic mass is 10.1. The number of benzene rings is 1. The Kier molecular flexibility index (Phi) is 4.57. The van der Waals surface area contributed by atoms with Gasteiger partial charge in [0.25, 0.3) is 11.5 Å². The number of aromatic nitrogens is 1. The molecule has 1 aromatic heterocycles. The van der Waals surface area contributed by atoms with Crippen LogP contribution in [0.1, 0.15) is 17.3 Å². The Bertz CT molecular complexity index is 731. The number of likely N-dealkylation sites (N-methyl/N-ethyl adjacent to an activating group) is 1. The van der Waals surface area contributed by atoms with Crippen molar-refractivity contribution in [3.8, 4) is 11.1 Å². The zero-order chi connectivity index (χ0) is 16.2. The number of amides is 1. The van der Waals surface area contributed by atoms with Crippen molar-refractivity contribution in [2.75, 3.05) is 32.7 Å². The fraction of sp³-hybridized carbons (Fsp3) is 0.333. The highest BCUT2D eigenvalue weighted by Crippen LogP contribution is 2.17. The molecule has 3 rings (SSSR count). The average molecular weight is 311 g/mol. The molecule has 1 aliphatic heterocycles. The van der Waals surface area contributed by atoms with Crippen molar-refractivity contribution < 1.29 is 4.79 Å². The molecule has 0 spiro atoms. The molecule has 1 aromatic carbocycles. The van der Waals surface area contributed by atoms with Gasteiger partial charge in [-0.3, -0.25) is 9.59 Å². The lowest BCUT2D eigenvalue weighted by Gasteiger charge is -2.34. The molecule has 0 atom stereocenters. The van der Waals surface area contributed by atoms with E-state index < -0.39 is 0 Å². The van der Waals surface area contributed by atoms with Gasteiger partial charge in [-0.05, 0) is 18.2 Å². The SMILES string of the molecule is CCN1CCN(C(=O)c2c[nH]c(=O)c(-c3ccccc3)c2)CC1. The third-order valence-corrected chi connectivity index (χ3v) is 4.34. The van der Waals surface area contributed by atoms with Gasteiger partial charge >= 0.3 is 0 Å². The Morgan fingerprint density at radius 3 is 2.48 bits per heavy atom. The Morgan fingerprint density at radius 2 is 1.83 bits per heavy atom. The van der Waals surface area contributed by atoms with E-state index >= 15 is 0 Å². The molecule has 2 aromatic rings. The summed E-state index contributed by atoms with van der Waals surface area (Å²) in [7, 11) is 0. The first kappa shape index (κ1) is 15.5. The summed E-state index contributed by atoms with van der Waals surface area (Å²) >= 11 is 0. The van der Waals surface area contributed by atoms with Gasteiger partial charge in [0.15, 0.2) is 0 Å². The number of pyridine rings is 1. The summed E-state index contributed by atoms with van der Waals surface area (Å²) in [6, 6.07) is 11.1. The van der Waals surface area contributed by atoms with Gasteiger partial charge in [0.05, 0.1) is 5.56 Å². The number of hydrogen-bond donors (Lipinski definition) is 1. The van der Waals surface area contributed by atoms with E-state index in [0.717, 1.165) is 38.3 Å². The summed E-state index contributed by atoms with van der Waals surface area (Å²) < 4.78 is 0. The topological polar surface area (TPSA) is 56.4 Å². The zero-order valence-corrected chi connectivity index (χ0v) is 13.3. The third kappa shape index (κ3) is 3.35. The zero-order valence-electron chi connectivity index (χ0n) is 13.3. The van der Waals surface area contributed by atoms with Gasteiger partial charge in [0.2, 0.25) is 0 Å². The lowest BCUT2D eigenvalue weighted by molar-refractivity contribution is 0.0643. The lowest BCUT2D eigenvalue weighted by Crippen LogP contribution is -2.48. The van der Waals surface area contributed by atoms with Crippen LogP contribution in [0.15, 0.2) is 47.4 Å². The molecule has 0 bridgehead atoms. The largest absolute Gasteiger partial charge is 0.336 e. The number of piperazine rings is 1. The van der Waals surface area contributed by atoms with Crippen molar-refractivity contribution in [2.24, 2.45) is 0 Å². The summed E-state index contributed by atoms with van der Waals surface area (Å²) in [6.07, 6.45) is 1.52. The van der Waals surface area contributed by atoms with Gasteiger partial charge in [0.1, 0.15) is 0 Å². The third-order valence-electron chi connectivity index (χ3n) is 4.34. The Morgan fingerprint density at radius 1 is 1.13 bits per heavy atom. The average Bonchev–Trinajstić information content (AvgIpc) is 2.62. The molecular weight excluding hydrogens is 290 g/mol. The molecule has 1 aliphatic rings. The van der Waals surface area contributed by atoms with Crippen LogP contribution in [0.4, 0.5) is 0 Å². The first-order valence-corrected chi connectivity index (χ1v) is 7.99. The monoisotopic (exact) mass is 311 g/mol. The normalized spacial score (nSPS) is 15.6. The molecule has 120 valence electrons. The number of carbonyl (C=O) groups excluding carboxylic acids is 1. The van der Waals surface area contributed by atoms with Gasteiger partial charge in [-0.1, -0.05) is 37.3 Å². The maximum atomic E-state index is 12.7. The van der Waals surface area contributed by atoms with Crippen LogP contribution in [0.25, 0.3) is 11.1 Å². The van der Waals surface area contributed by atoms with Crippen LogP contribution in [-0.2, 0) is 0 Å². The fourth-order valence-corrected chi connectivity index (χ4v) is 2.89. The van der Waals surface area contributed by atoms with E-state index in [0.29, 0.717) is 11.1 Å². The van der Waals surface area contributed by atoms with Gasteiger partial charge in [-0.25, -0.2) is 0 Å². The van der Waals surface area contributed by atoms with E-state index in [2.05, 4.69) is 16.8 Å². The fourth-order valence-electron chi connectivity index (χ4n) is 2.89. The van der Waals surface area contributed by atoms with Crippen molar-refractivity contribution in [2.45, 2.75) is 6.92 Å². The smallest absolute Gasteiger partial charge is 0.255 e. The standard InChI is InChI=1S/C18H21N3O2/c1-2-20-8-10-21(11-9-20)18(23)15-12-16(17(22)19-13-15)14-6-4-3-5-7-14/h3-7,12-13H,2,8-11H2,1H3,(H,19,22). The van der Waals surface area contributed by atoms with Crippen LogP contribution in [0.5, 0.6) is 0 Å². The van der Waals surface area contributed by atoms with Crippen LogP contribution in [0.2, 0.25) is 0 Å². The summed E-state index contributed by atoms with van der Waals surface area (Å²) in [5.74, 6) is -0.0193. The second-order valence-electron chi connectivity index (χ2n) is 5.72. The van der Waals surface area contributed by atoms with Crippen molar-refractivity contribution >= 4 is 5.91 Å². The van der Waals surface area contributed by atoms with E-state index in [1.807, 2.05) is 35.2 Å². The summed E-state index contributed by atoms with van der Waals surface area (Å²) in [5, 5.41) is 0. The maximum absolute atomic E-state index is 12.7. The number of carbonyl (C=O) groups is 1. The van der Waals surface area contributed by atoms with E-state index in [1.165, 1.54) is 6.20 Å². The van der Waals surface area contributed by atoms with Crippen molar-refractivity contribution in [1.29, 1.82) is 0 Å². The maximum Gasteiger partial charge on any atom is 0.255 e. The van der Waals surface area contributed by atoms with Crippen molar-refractivity contribution in [3.05, 3.63) is 58.5 Å². The molecule has 0 saturated carbocycles. The predicted molar refractivity (Wildman–Crippen MR) is 90.5 cm³/mol. The van der Waals surface area contributed by atoms with E-state index in [-0.39, 0.29) is 11.5 Å². The first-order chi connectivity index (χ1) is 11.2. The molecule has 0 aliphatic carbocycles. The highest BCUT2D eigenvalue weighted by atomic mass is 16.2. The van der Waals surface area contributed by atoms with Crippen molar-refractivity contribution in [1.82, 2.24) is 14.8 Å². The second-order valence-corrected chi connectivity index (χ2v) is 5.72. The highest BCUT2D eigenvalue weighted by Gasteiger charge is 2.22. The van der Waals surface area contributed by atoms with Crippen LogP contribution >= 0.6 is 0 Å². The minimum absolute atomic E-state index is 0.0193. The number of hydrogen-bond acceptors (Lipinski definition) is 3. The number of nitrogens with one attached hydrogen (secondary N) is 1. The van der Waals surface area contributed by atoms with Gasteiger partial charge < -0.3 is 14.8 Å². The van der Waals surface area contributed by atoms with Gasteiger partial charge in [-0.15, -0.1) is 0 Å². The number of nitrogens with zero attached hydrogens (tertiary/aromatic N) is 2. The molecule has 5 heteroatoms. The van der Waals surface area contributed by atoms with E-state index in [9.17, 15) is 9.59 Å². The molecular formula is C18H21N3O2. The second kappa shape index (κ2) is 6.79. The number of H-pyrrole nitrogens is 1.